The highest BCUT2D eigenvalue weighted by molar-refractivity contribution is 6.04. The number of hydrogen-bond donors (Lipinski definition) is 3. The topological polar surface area (TPSA) is 99.5 Å². The Morgan fingerprint density at radius 3 is 2.29 bits per heavy atom. The predicted molar refractivity (Wildman–Crippen MR) is 121 cm³/mol. The molecule has 0 fully saturated rings. The molecule has 3 aromatic carbocycles. The molecule has 0 aliphatic rings. The third kappa shape index (κ3) is 4.29. The number of hydrazone groups is 1. The highest BCUT2D eigenvalue weighted by atomic mass is 19.4. The lowest BCUT2D eigenvalue weighted by Crippen LogP contribution is -2.23. The Morgan fingerprint density at radius 1 is 1.06 bits per heavy atom. The smallest absolute Gasteiger partial charge is 0.416 e. The molecule has 4 aromatic rings. The quantitative estimate of drug-likeness (QED) is 0.304. The van der Waals surface area contributed by atoms with E-state index in [4.69, 9.17) is 0 Å². The molecule has 10 heteroatoms. The maximum Gasteiger partial charge on any atom is 0.416 e. The van der Waals surface area contributed by atoms with Crippen molar-refractivity contribution >= 4 is 22.4 Å². The lowest BCUT2D eigenvalue weighted by Gasteiger charge is -2.07. The highest BCUT2D eigenvalue weighted by Crippen LogP contribution is 2.29. The van der Waals surface area contributed by atoms with Crippen LogP contribution < -0.4 is 11.0 Å². The van der Waals surface area contributed by atoms with Gasteiger partial charge in [-0.2, -0.15) is 18.3 Å². The van der Waals surface area contributed by atoms with Crippen molar-refractivity contribution in [2.45, 2.75) is 20.0 Å². The normalized spacial score (nSPS) is 12.2. The molecule has 0 radical (unpaired) electrons. The Kier molecular flexibility index (Phi) is 5.74. The van der Waals surface area contributed by atoms with E-state index in [1.807, 2.05) is 6.07 Å². The second kappa shape index (κ2) is 8.54. The molecule has 0 unspecified atom stereocenters. The van der Waals surface area contributed by atoms with Crippen molar-refractivity contribution < 1.29 is 23.1 Å². The number of carbonyl (C=O) groups is 1. The number of carbonyl (C=O) groups excluding carboxylic acids is 1. The van der Waals surface area contributed by atoms with Gasteiger partial charge in [0.05, 0.1) is 28.1 Å². The third-order valence-corrected chi connectivity index (χ3v) is 5.32. The summed E-state index contributed by atoms with van der Waals surface area (Å²) in [6.45, 7) is 3.11. The Bertz CT molecular complexity index is 1480. The number of rotatable bonds is 4. The largest absolute Gasteiger partial charge is 0.507 e. The molecular formula is C24H19F3N4O3. The van der Waals surface area contributed by atoms with Crippen molar-refractivity contribution in [3.8, 4) is 11.4 Å². The van der Waals surface area contributed by atoms with Crippen molar-refractivity contribution in [2.24, 2.45) is 5.10 Å². The number of aryl methyl sites for hydroxylation is 1. The van der Waals surface area contributed by atoms with E-state index < -0.39 is 23.2 Å². The van der Waals surface area contributed by atoms with Crippen molar-refractivity contribution in [3.05, 3.63) is 93.4 Å². The van der Waals surface area contributed by atoms with E-state index in [0.29, 0.717) is 5.69 Å². The van der Waals surface area contributed by atoms with Gasteiger partial charge < -0.3 is 5.11 Å². The molecule has 1 aromatic heterocycles. The van der Waals surface area contributed by atoms with Crippen LogP contribution in [0.5, 0.6) is 5.75 Å². The van der Waals surface area contributed by atoms with Crippen LogP contribution in [0.25, 0.3) is 16.5 Å². The summed E-state index contributed by atoms with van der Waals surface area (Å²) in [5.74, 6) is -0.884. The number of fused-ring (bicyclic) bond motifs is 1. The number of aromatic hydroxyl groups is 1. The van der Waals surface area contributed by atoms with Crippen LogP contribution in [0, 0.1) is 6.92 Å². The van der Waals surface area contributed by atoms with Crippen LogP contribution in [0.15, 0.2) is 70.6 Å². The van der Waals surface area contributed by atoms with Crippen LogP contribution >= 0.6 is 0 Å². The molecule has 3 N–H and O–H groups in total. The van der Waals surface area contributed by atoms with Crippen molar-refractivity contribution in [3.63, 3.8) is 0 Å². The number of H-pyrrole nitrogens is 1. The Labute approximate surface area is 191 Å². The van der Waals surface area contributed by atoms with Gasteiger partial charge in [-0.15, -0.1) is 0 Å². The second-order valence-electron chi connectivity index (χ2n) is 7.65. The van der Waals surface area contributed by atoms with Crippen LogP contribution in [-0.2, 0) is 6.18 Å². The Morgan fingerprint density at radius 2 is 1.68 bits per heavy atom. The average Bonchev–Trinajstić information content (AvgIpc) is 3.10. The molecule has 0 saturated carbocycles. The van der Waals surface area contributed by atoms with Crippen LogP contribution in [0.3, 0.4) is 0 Å². The third-order valence-electron chi connectivity index (χ3n) is 5.32. The molecule has 34 heavy (non-hydrogen) atoms. The molecule has 1 heterocycles. The van der Waals surface area contributed by atoms with Gasteiger partial charge in [0.1, 0.15) is 5.75 Å². The molecule has 0 saturated heterocycles. The van der Waals surface area contributed by atoms with Gasteiger partial charge in [-0.05, 0) is 61.0 Å². The summed E-state index contributed by atoms with van der Waals surface area (Å²) in [5.41, 5.74) is 1.94. The van der Waals surface area contributed by atoms with E-state index in [9.17, 15) is 27.9 Å². The summed E-state index contributed by atoms with van der Waals surface area (Å²) in [5, 5.41) is 18.5. The molecule has 0 spiro atoms. The molecule has 0 aliphatic carbocycles. The van der Waals surface area contributed by atoms with Crippen LogP contribution in [0.2, 0.25) is 0 Å². The fourth-order valence-electron chi connectivity index (χ4n) is 3.61. The van der Waals surface area contributed by atoms with Gasteiger partial charge in [-0.1, -0.05) is 24.3 Å². The number of phenols is 1. The minimum Gasteiger partial charge on any atom is -0.507 e. The molecule has 1 amide bonds. The number of alkyl halides is 3. The first-order chi connectivity index (χ1) is 16.1. The lowest BCUT2D eigenvalue weighted by atomic mass is 10.1. The summed E-state index contributed by atoms with van der Waals surface area (Å²) < 4.78 is 39.5. The molecule has 0 bridgehead atoms. The molecule has 7 nitrogen and oxygen atoms in total. The summed E-state index contributed by atoms with van der Waals surface area (Å²) >= 11 is 0. The highest BCUT2D eigenvalue weighted by Gasteiger charge is 2.30. The maximum atomic E-state index is 12.9. The number of halogens is 3. The number of aromatic amines is 1. The molecular weight excluding hydrogens is 449 g/mol. The number of aromatic nitrogens is 2. The number of nitrogens with one attached hydrogen (secondary N) is 2. The standard InChI is InChI=1S/C24H19F3N4O3/c1-13(28-29-22(33)19-11-15-5-3-4-6-16(15)12-20(19)32)21-14(2)30-31(23(21)34)18-9-7-17(8-10-18)24(25,26)27/h3-12,30,32H,1-2H3,(H,29,33). The van der Waals surface area contributed by atoms with Crippen molar-refractivity contribution in [1.82, 2.24) is 15.2 Å². The molecule has 4 rings (SSSR count). The monoisotopic (exact) mass is 468 g/mol. The van der Waals surface area contributed by atoms with E-state index in [0.717, 1.165) is 27.6 Å². The van der Waals surface area contributed by atoms with Gasteiger partial charge in [0, 0.05) is 5.69 Å². The first-order valence-electron chi connectivity index (χ1n) is 10.1. The lowest BCUT2D eigenvalue weighted by molar-refractivity contribution is -0.137. The zero-order chi connectivity index (χ0) is 24.6. The summed E-state index contributed by atoms with van der Waals surface area (Å²) in [6.07, 6.45) is -4.48. The Balaban J connectivity index is 1.60. The first kappa shape index (κ1) is 22.8. The van der Waals surface area contributed by atoms with Gasteiger partial charge in [-0.3, -0.25) is 14.7 Å². The number of phenolic OH excluding ortho intramolecular Hbond substituents is 1. The van der Waals surface area contributed by atoms with E-state index in [1.165, 1.54) is 31.2 Å². The maximum absolute atomic E-state index is 12.9. The van der Waals surface area contributed by atoms with E-state index in [2.05, 4.69) is 15.6 Å². The minimum atomic E-state index is -4.48. The summed E-state index contributed by atoms with van der Waals surface area (Å²) in [7, 11) is 0. The predicted octanol–water partition coefficient (Wildman–Crippen LogP) is 4.51. The Hall–Kier alpha value is -4.34. The van der Waals surface area contributed by atoms with E-state index >= 15 is 0 Å². The van der Waals surface area contributed by atoms with Gasteiger partial charge in [-0.25, -0.2) is 10.1 Å². The number of hydrogen-bond acceptors (Lipinski definition) is 4. The molecule has 0 atom stereocenters. The molecule has 174 valence electrons. The number of benzene rings is 3. The SMILES string of the molecule is CC(=NNC(=O)c1cc2ccccc2cc1O)c1c(C)[nH]n(-c2ccc(C(F)(F)F)cc2)c1=O. The van der Waals surface area contributed by atoms with Gasteiger partial charge in [0.25, 0.3) is 11.5 Å². The zero-order valence-corrected chi connectivity index (χ0v) is 18.1. The fourth-order valence-corrected chi connectivity index (χ4v) is 3.61. The second-order valence-corrected chi connectivity index (χ2v) is 7.65. The summed E-state index contributed by atoms with van der Waals surface area (Å²) in [6, 6.07) is 14.4. The van der Waals surface area contributed by atoms with Crippen LogP contribution in [0.1, 0.15) is 34.1 Å². The summed E-state index contributed by atoms with van der Waals surface area (Å²) in [4.78, 5) is 25.5. The fraction of sp³-hybridized carbons (Fsp3) is 0.125. The average molecular weight is 468 g/mol. The van der Waals surface area contributed by atoms with E-state index in [1.54, 1.807) is 25.1 Å². The van der Waals surface area contributed by atoms with Crippen molar-refractivity contribution in [2.75, 3.05) is 0 Å². The van der Waals surface area contributed by atoms with Crippen LogP contribution in [-0.4, -0.2) is 26.5 Å². The van der Waals surface area contributed by atoms with E-state index in [-0.39, 0.29) is 28.3 Å². The van der Waals surface area contributed by atoms with Gasteiger partial charge in [0.2, 0.25) is 0 Å². The van der Waals surface area contributed by atoms with Crippen LogP contribution in [0.4, 0.5) is 13.2 Å². The number of amides is 1. The van der Waals surface area contributed by atoms with Crippen molar-refractivity contribution in [1.29, 1.82) is 0 Å². The minimum absolute atomic E-state index is 0.0169. The first-order valence-corrected chi connectivity index (χ1v) is 10.1. The van der Waals surface area contributed by atoms with Gasteiger partial charge >= 0.3 is 6.18 Å². The zero-order valence-electron chi connectivity index (χ0n) is 18.1. The van der Waals surface area contributed by atoms with Gasteiger partial charge in [0.15, 0.2) is 0 Å². The molecule has 0 aliphatic heterocycles. The number of nitrogens with zero attached hydrogens (tertiary/aromatic N) is 2.